The highest BCUT2D eigenvalue weighted by Gasteiger charge is 2.31. The molecule has 0 bridgehead atoms. The summed E-state index contributed by atoms with van der Waals surface area (Å²) in [7, 11) is -4.03. The molecule has 0 fully saturated rings. The van der Waals surface area contributed by atoms with E-state index in [0.29, 0.717) is 5.69 Å². The molecule has 3 N–H and O–H groups in total. The molecule has 0 atom stereocenters. The fourth-order valence-corrected chi connectivity index (χ4v) is 6.53. The van der Waals surface area contributed by atoms with Crippen molar-refractivity contribution in [3.8, 4) is 0 Å². The Kier molecular flexibility index (Phi) is 6.05. The number of nitrogens with one attached hydrogen (secondary N) is 1. The number of hydrogen-bond donors (Lipinski definition) is 2. The molecule has 0 aliphatic heterocycles. The molecule has 5 nitrogen and oxygen atoms in total. The molecule has 1 aromatic heterocycles. The van der Waals surface area contributed by atoms with Crippen LogP contribution in [0.15, 0.2) is 82.6 Å². The zero-order chi connectivity index (χ0) is 23.8. The van der Waals surface area contributed by atoms with Crippen LogP contribution >= 0.6 is 11.3 Å². The van der Waals surface area contributed by atoms with E-state index >= 15 is 0 Å². The molecule has 0 aliphatic rings. The minimum Gasteiger partial charge on any atom is -0.396 e. The molecule has 4 rings (SSSR count). The number of benzene rings is 3. The van der Waals surface area contributed by atoms with Crippen molar-refractivity contribution in [2.45, 2.75) is 23.6 Å². The van der Waals surface area contributed by atoms with E-state index in [1.165, 1.54) is 36.4 Å². The normalized spacial score (nSPS) is 11.4. The summed E-state index contributed by atoms with van der Waals surface area (Å²) in [5.41, 5.74) is 9.06. The number of aryl methyl sites for hydroxylation is 2. The molecule has 0 spiro atoms. The molecular formula is C25H21FN2O3S2. The highest BCUT2D eigenvalue weighted by atomic mass is 32.2. The average molecular weight is 481 g/mol. The van der Waals surface area contributed by atoms with Crippen LogP contribution in [0.2, 0.25) is 0 Å². The maximum atomic E-state index is 13.5. The summed E-state index contributed by atoms with van der Waals surface area (Å²) in [6.07, 6.45) is 0. The number of rotatable bonds is 6. The van der Waals surface area contributed by atoms with Gasteiger partial charge in [-0.1, -0.05) is 24.3 Å². The van der Waals surface area contributed by atoms with Crippen LogP contribution in [0.3, 0.4) is 0 Å². The second-order valence-corrected chi connectivity index (χ2v) is 10.6. The molecule has 0 saturated carbocycles. The quantitative estimate of drug-likeness (QED) is 0.336. The Balaban J connectivity index is 1.89. The van der Waals surface area contributed by atoms with Crippen LogP contribution in [0, 0.1) is 19.7 Å². The van der Waals surface area contributed by atoms with Crippen LogP contribution < -0.4 is 11.1 Å². The van der Waals surface area contributed by atoms with E-state index in [9.17, 15) is 17.6 Å². The van der Waals surface area contributed by atoms with Gasteiger partial charge in [-0.2, -0.15) is 0 Å². The first kappa shape index (κ1) is 22.7. The second-order valence-electron chi connectivity index (χ2n) is 7.66. The van der Waals surface area contributed by atoms with Gasteiger partial charge < -0.3 is 11.1 Å². The molecule has 3 aromatic carbocycles. The SMILES string of the molecule is Cc1cc(C)cc(Nc2sc(C(=O)c3ccc(F)cc3)c(N)c2S(=O)(=O)c2ccccc2)c1. The molecule has 168 valence electrons. The Labute approximate surface area is 195 Å². The molecule has 0 unspecified atom stereocenters. The maximum absolute atomic E-state index is 13.5. The summed E-state index contributed by atoms with van der Waals surface area (Å²) >= 11 is 0.963. The average Bonchev–Trinajstić information content (AvgIpc) is 3.10. The zero-order valence-electron chi connectivity index (χ0n) is 17.9. The lowest BCUT2D eigenvalue weighted by atomic mass is 10.1. The highest BCUT2D eigenvalue weighted by molar-refractivity contribution is 7.92. The summed E-state index contributed by atoms with van der Waals surface area (Å²) < 4.78 is 40.4. The summed E-state index contributed by atoms with van der Waals surface area (Å²) in [6, 6.07) is 18.7. The number of thiophene rings is 1. The third kappa shape index (κ3) is 4.53. The van der Waals surface area contributed by atoms with Crippen LogP contribution in [-0.2, 0) is 9.84 Å². The van der Waals surface area contributed by atoms with Crippen molar-refractivity contribution in [1.82, 2.24) is 0 Å². The van der Waals surface area contributed by atoms with Gasteiger partial charge >= 0.3 is 0 Å². The van der Waals surface area contributed by atoms with Crippen molar-refractivity contribution in [3.63, 3.8) is 0 Å². The number of halogens is 1. The largest absolute Gasteiger partial charge is 0.396 e. The van der Waals surface area contributed by atoms with Gasteiger partial charge in [-0.25, -0.2) is 12.8 Å². The van der Waals surface area contributed by atoms with E-state index in [4.69, 9.17) is 5.73 Å². The maximum Gasteiger partial charge on any atom is 0.211 e. The Morgan fingerprint density at radius 1 is 0.939 bits per heavy atom. The highest BCUT2D eigenvalue weighted by Crippen LogP contribution is 2.44. The molecule has 0 saturated heterocycles. The van der Waals surface area contributed by atoms with Gasteiger partial charge in [0.05, 0.1) is 10.6 Å². The number of sulfone groups is 1. The van der Waals surface area contributed by atoms with Gasteiger partial charge in [0.2, 0.25) is 15.6 Å². The fraction of sp³-hybridized carbons (Fsp3) is 0.0800. The molecule has 0 amide bonds. The predicted octanol–water partition coefficient (Wildman–Crippen LogP) is 5.89. The standard InChI is InChI=1S/C25H21FN2O3S2/c1-15-12-16(2)14-19(13-15)28-25-24(33(30,31)20-6-4-3-5-7-20)21(27)23(32-25)22(29)17-8-10-18(26)11-9-17/h3-14,28H,27H2,1-2H3. The number of carbonyl (C=O) groups is 1. The van der Waals surface area contributed by atoms with Crippen LogP contribution in [0.25, 0.3) is 0 Å². The van der Waals surface area contributed by atoms with Crippen LogP contribution in [0.4, 0.5) is 20.8 Å². The van der Waals surface area contributed by atoms with Crippen molar-refractivity contribution in [2.75, 3.05) is 11.1 Å². The Hall–Kier alpha value is -3.49. The van der Waals surface area contributed by atoms with E-state index in [1.807, 2.05) is 32.0 Å². The van der Waals surface area contributed by atoms with Crippen molar-refractivity contribution in [3.05, 3.63) is 100 Å². The monoisotopic (exact) mass is 480 g/mol. The third-order valence-corrected chi connectivity index (χ3v) is 8.12. The number of anilines is 3. The van der Waals surface area contributed by atoms with Gasteiger partial charge in [-0.15, -0.1) is 11.3 Å². The van der Waals surface area contributed by atoms with Gasteiger partial charge in [0.25, 0.3) is 0 Å². The lowest BCUT2D eigenvalue weighted by Gasteiger charge is -2.11. The van der Waals surface area contributed by atoms with Crippen molar-refractivity contribution >= 4 is 43.3 Å². The Bertz CT molecular complexity index is 1430. The first-order valence-electron chi connectivity index (χ1n) is 10.0. The third-order valence-electron chi connectivity index (χ3n) is 5.01. The van der Waals surface area contributed by atoms with E-state index in [0.717, 1.165) is 22.5 Å². The number of nitrogen functional groups attached to an aromatic ring is 1. The van der Waals surface area contributed by atoms with Gasteiger partial charge in [-0.3, -0.25) is 4.79 Å². The van der Waals surface area contributed by atoms with E-state index in [2.05, 4.69) is 5.32 Å². The molecule has 0 radical (unpaired) electrons. The molecule has 4 aromatic rings. The van der Waals surface area contributed by atoms with E-state index < -0.39 is 21.4 Å². The molecule has 33 heavy (non-hydrogen) atoms. The summed E-state index contributed by atoms with van der Waals surface area (Å²) in [6.45, 7) is 3.87. The molecular weight excluding hydrogens is 459 g/mol. The summed E-state index contributed by atoms with van der Waals surface area (Å²) in [4.78, 5) is 13.1. The topological polar surface area (TPSA) is 89.3 Å². The molecule has 0 aliphatic carbocycles. The van der Waals surface area contributed by atoms with Gasteiger partial charge in [0.15, 0.2) is 0 Å². The Morgan fingerprint density at radius 3 is 2.15 bits per heavy atom. The lowest BCUT2D eigenvalue weighted by Crippen LogP contribution is -2.08. The van der Waals surface area contributed by atoms with E-state index in [-0.39, 0.29) is 30.9 Å². The molecule has 1 heterocycles. The summed E-state index contributed by atoms with van der Waals surface area (Å²) in [5.74, 6) is -0.953. The van der Waals surface area contributed by atoms with Crippen LogP contribution in [0.1, 0.15) is 26.4 Å². The van der Waals surface area contributed by atoms with Gasteiger partial charge in [-0.05, 0) is 73.5 Å². The number of carbonyl (C=O) groups excluding carboxylic acids is 1. The van der Waals surface area contributed by atoms with Gasteiger partial charge in [0.1, 0.15) is 20.6 Å². The number of nitrogens with two attached hydrogens (primary N) is 1. The van der Waals surface area contributed by atoms with Crippen molar-refractivity contribution in [2.24, 2.45) is 0 Å². The smallest absolute Gasteiger partial charge is 0.211 e. The lowest BCUT2D eigenvalue weighted by molar-refractivity contribution is 0.104. The minimum absolute atomic E-state index is 0.0683. The Morgan fingerprint density at radius 2 is 1.55 bits per heavy atom. The number of ketones is 1. The minimum atomic E-state index is -4.03. The van der Waals surface area contributed by atoms with Crippen molar-refractivity contribution in [1.29, 1.82) is 0 Å². The van der Waals surface area contributed by atoms with Crippen LogP contribution in [0.5, 0.6) is 0 Å². The fourth-order valence-electron chi connectivity index (χ4n) is 3.57. The second kappa shape index (κ2) is 8.80. The predicted molar refractivity (Wildman–Crippen MR) is 130 cm³/mol. The van der Waals surface area contributed by atoms with Gasteiger partial charge in [0, 0.05) is 11.3 Å². The van der Waals surface area contributed by atoms with E-state index in [1.54, 1.807) is 18.2 Å². The zero-order valence-corrected chi connectivity index (χ0v) is 19.6. The first-order valence-corrected chi connectivity index (χ1v) is 12.3. The number of hydrogen-bond acceptors (Lipinski definition) is 6. The van der Waals surface area contributed by atoms with Crippen molar-refractivity contribution < 1.29 is 17.6 Å². The van der Waals surface area contributed by atoms with Crippen LogP contribution in [-0.4, -0.2) is 14.2 Å². The first-order chi connectivity index (χ1) is 15.7. The molecule has 8 heteroatoms. The summed E-state index contributed by atoms with van der Waals surface area (Å²) in [5, 5.41) is 3.40.